The van der Waals surface area contributed by atoms with E-state index in [2.05, 4.69) is 5.32 Å². The first-order chi connectivity index (χ1) is 6.18. The highest BCUT2D eigenvalue weighted by Gasteiger charge is 2.21. The molecule has 0 fully saturated rings. The SMILES string of the molecule is C[n+]1ccc2n(c1=O)CCC(O)N2. The van der Waals surface area contributed by atoms with Gasteiger partial charge in [0.05, 0.1) is 13.2 Å². The fourth-order valence-electron chi connectivity index (χ4n) is 1.47. The summed E-state index contributed by atoms with van der Waals surface area (Å²) in [4.78, 5) is 11.5. The predicted octanol–water partition coefficient (Wildman–Crippen LogP) is -1.19. The van der Waals surface area contributed by atoms with E-state index in [9.17, 15) is 9.90 Å². The Bertz CT molecular complexity index is 385. The summed E-state index contributed by atoms with van der Waals surface area (Å²) in [6.45, 7) is 0.566. The van der Waals surface area contributed by atoms with Crippen LogP contribution in [0.5, 0.6) is 0 Å². The molecule has 0 saturated carbocycles. The molecule has 5 nitrogen and oxygen atoms in total. The lowest BCUT2D eigenvalue weighted by atomic mass is 10.3. The minimum Gasteiger partial charge on any atom is -0.374 e. The van der Waals surface area contributed by atoms with Crippen molar-refractivity contribution in [2.24, 2.45) is 7.05 Å². The molecule has 0 amide bonds. The number of rotatable bonds is 0. The molecule has 2 rings (SSSR count). The van der Waals surface area contributed by atoms with Crippen LogP contribution in [0.1, 0.15) is 6.42 Å². The second-order valence-corrected chi connectivity index (χ2v) is 3.19. The highest BCUT2D eigenvalue weighted by molar-refractivity contribution is 5.34. The molecule has 0 spiro atoms. The zero-order valence-electron chi connectivity index (χ0n) is 7.40. The van der Waals surface area contributed by atoms with Crippen molar-refractivity contribution in [3.8, 4) is 0 Å². The van der Waals surface area contributed by atoms with Crippen LogP contribution in [0.25, 0.3) is 0 Å². The van der Waals surface area contributed by atoms with Crippen molar-refractivity contribution in [2.45, 2.75) is 19.2 Å². The van der Waals surface area contributed by atoms with Crippen LogP contribution in [0.3, 0.4) is 0 Å². The van der Waals surface area contributed by atoms with Gasteiger partial charge in [0.15, 0.2) is 0 Å². The van der Waals surface area contributed by atoms with E-state index in [4.69, 9.17) is 0 Å². The summed E-state index contributed by atoms with van der Waals surface area (Å²) < 4.78 is 3.13. The van der Waals surface area contributed by atoms with Gasteiger partial charge in [-0.3, -0.25) is 0 Å². The zero-order valence-corrected chi connectivity index (χ0v) is 7.40. The molecule has 70 valence electrons. The highest BCUT2D eigenvalue weighted by Crippen LogP contribution is 2.11. The maximum atomic E-state index is 11.5. The number of nitrogens with one attached hydrogen (secondary N) is 1. The Morgan fingerprint density at radius 1 is 1.77 bits per heavy atom. The Labute approximate surface area is 75.3 Å². The molecule has 0 saturated heterocycles. The van der Waals surface area contributed by atoms with Crippen LogP contribution in [-0.4, -0.2) is 15.9 Å². The molecule has 1 atom stereocenters. The van der Waals surface area contributed by atoms with Crippen LogP contribution < -0.4 is 15.6 Å². The third kappa shape index (κ3) is 1.31. The van der Waals surface area contributed by atoms with Crippen LogP contribution in [0.15, 0.2) is 17.1 Å². The average Bonchev–Trinajstić information content (AvgIpc) is 2.12. The molecule has 0 radical (unpaired) electrons. The van der Waals surface area contributed by atoms with Crippen LogP contribution in [0, 0.1) is 0 Å². The molecule has 2 N–H and O–H groups in total. The molecule has 0 aromatic carbocycles. The largest absolute Gasteiger partial charge is 0.499 e. The summed E-state index contributed by atoms with van der Waals surface area (Å²) in [6.07, 6.45) is 1.71. The number of anilines is 1. The minimum atomic E-state index is -0.535. The van der Waals surface area contributed by atoms with Crippen LogP contribution in [0.2, 0.25) is 0 Å². The van der Waals surface area contributed by atoms with E-state index in [1.54, 1.807) is 23.9 Å². The smallest absolute Gasteiger partial charge is 0.374 e. The van der Waals surface area contributed by atoms with E-state index in [-0.39, 0.29) is 5.69 Å². The lowest BCUT2D eigenvalue weighted by Gasteiger charge is -2.19. The molecule has 1 unspecified atom stereocenters. The number of fused-ring (bicyclic) bond motifs is 1. The van der Waals surface area contributed by atoms with Crippen LogP contribution in [0.4, 0.5) is 5.82 Å². The molecular weight excluding hydrogens is 170 g/mol. The minimum absolute atomic E-state index is 0.0584. The van der Waals surface area contributed by atoms with Crippen molar-refractivity contribution in [3.63, 3.8) is 0 Å². The zero-order chi connectivity index (χ0) is 9.42. The summed E-state index contributed by atoms with van der Waals surface area (Å²) in [6, 6.07) is 1.78. The number of aryl methyl sites for hydroxylation is 1. The van der Waals surface area contributed by atoms with Gasteiger partial charge in [-0.25, -0.2) is 4.57 Å². The lowest BCUT2D eigenvalue weighted by Crippen LogP contribution is -2.53. The number of hydrogen-bond acceptors (Lipinski definition) is 3. The first-order valence-corrected chi connectivity index (χ1v) is 4.22. The van der Waals surface area contributed by atoms with E-state index in [0.717, 1.165) is 0 Å². The van der Waals surface area contributed by atoms with Gasteiger partial charge in [0.25, 0.3) is 0 Å². The van der Waals surface area contributed by atoms with Crippen molar-refractivity contribution in [1.29, 1.82) is 0 Å². The summed E-state index contributed by atoms with van der Waals surface area (Å²) >= 11 is 0. The van der Waals surface area contributed by atoms with Gasteiger partial charge in [-0.1, -0.05) is 0 Å². The van der Waals surface area contributed by atoms with Crippen LogP contribution >= 0.6 is 0 Å². The van der Waals surface area contributed by atoms with Gasteiger partial charge in [-0.05, 0) is 0 Å². The molecule has 1 aliphatic heterocycles. The summed E-state index contributed by atoms with van der Waals surface area (Å²) in [5, 5.41) is 12.1. The van der Waals surface area contributed by atoms with Gasteiger partial charge >= 0.3 is 5.69 Å². The van der Waals surface area contributed by atoms with Crippen LogP contribution in [-0.2, 0) is 13.6 Å². The Kier molecular flexibility index (Phi) is 1.81. The van der Waals surface area contributed by atoms with E-state index in [1.807, 2.05) is 0 Å². The van der Waals surface area contributed by atoms with Gasteiger partial charge in [0.2, 0.25) is 5.82 Å². The van der Waals surface area contributed by atoms with Crippen molar-refractivity contribution in [3.05, 3.63) is 22.7 Å². The van der Waals surface area contributed by atoms with Gasteiger partial charge in [0, 0.05) is 12.5 Å². The summed E-state index contributed by atoms with van der Waals surface area (Å²) in [5.74, 6) is 0.682. The van der Waals surface area contributed by atoms with Crippen molar-refractivity contribution in [2.75, 3.05) is 5.32 Å². The first-order valence-electron chi connectivity index (χ1n) is 4.22. The van der Waals surface area contributed by atoms with Gasteiger partial charge in [0.1, 0.15) is 12.8 Å². The lowest BCUT2D eigenvalue weighted by molar-refractivity contribution is -0.690. The number of nitrogens with zero attached hydrogens (tertiary/aromatic N) is 2. The van der Waals surface area contributed by atoms with Crippen molar-refractivity contribution >= 4 is 5.82 Å². The normalized spacial score (nSPS) is 20.6. The monoisotopic (exact) mass is 182 g/mol. The summed E-state index contributed by atoms with van der Waals surface area (Å²) in [5.41, 5.74) is -0.0584. The fourth-order valence-corrected chi connectivity index (χ4v) is 1.47. The van der Waals surface area contributed by atoms with E-state index in [1.165, 1.54) is 4.57 Å². The van der Waals surface area contributed by atoms with Crippen molar-refractivity contribution in [1.82, 2.24) is 4.57 Å². The molecule has 1 aromatic rings. The molecule has 5 heteroatoms. The Morgan fingerprint density at radius 3 is 3.31 bits per heavy atom. The number of aliphatic hydroxyl groups is 1. The molecule has 0 bridgehead atoms. The number of hydrogen-bond donors (Lipinski definition) is 2. The molecule has 13 heavy (non-hydrogen) atoms. The number of aromatic nitrogens is 2. The van der Waals surface area contributed by atoms with Crippen molar-refractivity contribution < 1.29 is 9.67 Å². The molecule has 0 aliphatic carbocycles. The Morgan fingerprint density at radius 2 is 2.54 bits per heavy atom. The summed E-state index contributed by atoms with van der Waals surface area (Å²) in [7, 11) is 1.71. The maximum absolute atomic E-state index is 11.5. The third-order valence-corrected chi connectivity index (χ3v) is 2.22. The second-order valence-electron chi connectivity index (χ2n) is 3.19. The molecular formula is C8H12N3O2+. The molecule has 1 aromatic heterocycles. The van der Waals surface area contributed by atoms with Gasteiger partial charge < -0.3 is 10.4 Å². The Hall–Kier alpha value is -1.36. The topological polar surface area (TPSA) is 58.1 Å². The highest BCUT2D eigenvalue weighted by atomic mass is 16.3. The molecule has 2 heterocycles. The van der Waals surface area contributed by atoms with Gasteiger partial charge in [-0.15, -0.1) is 0 Å². The first kappa shape index (κ1) is 8.25. The molecule has 1 aliphatic rings. The van der Waals surface area contributed by atoms with E-state index < -0.39 is 6.23 Å². The maximum Gasteiger partial charge on any atom is 0.499 e. The van der Waals surface area contributed by atoms with E-state index >= 15 is 0 Å². The fraction of sp³-hybridized carbons (Fsp3) is 0.500. The van der Waals surface area contributed by atoms with E-state index in [0.29, 0.717) is 18.8 Å². The second kappa shape index (κ2) is 2.85. The average molecular weight is 182 g/mol. The number of aliphatic hydroxyl groups excluding tert-OH is 1. The standard InChI is InChI=1S/C8H11N3O2/c1-10-4-2-6-9-7(12)3-5-11(6)8(10)13/h2,4,7,12H,3,5H2,1H3/p+1. The van der Waals surface area contributed by atoms with Gasteiger partial charge in [-0.2, -0.15) is 9.36 Å². The predicted molar refractivity (Wildman–Crippen MR) is 46.1 cm³/mol. The quantitative estimate of drug-likeness (QED) is 0.496. The Balaban J connectivity index is 2.53. The third-order valence-electron chi connectivity index (χ3n) is 2.22.